The molecule has 3 fully saturated rings. The number of pyridine rings is 2. The number of nitrogens with zero attached hydrogens (tertiary/aromatic N) is 4. The molecule has 1 N–H and O–H groups in total. The number of piperidine rings is 1. The molecule has 0 aliphatic carbocycles. The number of ether oxygens (including phenoxy) is 1. The second-order valence-corrected chi connectivity index (χ2v) is 8.55. The number of likely N-dealkylation sites (tertiary alicyclic amines) is 1. The monoisotopic (exact) mass is 433 g/mol. The van der Waals surface area contributed by atoms with Crippen molar-refractivity contribution in [1.82, 2.24) is 14.9 Å². The second-order valence-electron chi connectivity index (χ2n) is 8.55. The Bertz CT molecular complexity index is 912. The molecule has 5 rings (SSSR count). The maximum absolute atomic E-state index is 13.5. The molecule has 0 atom stereocenters. The van der Waals surface area contributed by atoms with Crippen LogP contribution in [0.2, 0.25) is 0 Å². The molecular formula is C22H26F3N5O. The predicted molar refractivity (Wildman–Crippen MR) is 112 cm³/mol. The van der Waals surface area contributed by atoms with Crippen molar-refractivity contribution in [2.24, 2.45) is 0 Å². The molecule has 0 saturated carbocycles. The topological polar surface area (TPSA) is 53.5 Å². The van der Waals surface area contributed by atoms with Crippen molar-refractivity contribution in [1.29, 1.82) is 0 Å². The van der Waals surface area contributed by atoms with Crippen molar-refractivity contribution in [3.8, 4) is 0 Å². The van der Waals surface area contributed by atoms with Gasteiger partial charge in [0.25, 0.3) is 6.43 Å². The molecule has 2 aromatic heterocycles. The minimum atomic E-state index is -2.56. The molecule has 0 unspecified atom stereocenters. The highest BCUT2D eigenvalue weighted by molar-refractivity contribution is 5.59. The molecule has 0 radical (unpaired) electrons. The van der Waals surface area contributed by atoms with E-state index in [9.17, 15) is 13.2 Å². The molecule has 0 spiro atoms. The lowest BCUT2D eigenvalue weighted by Gasteiger charge is -2.41. The van der Waals surface area contributed by atoms with Crippen LogP contribution in [0.15, 0.2) is 30.5 Å². The summed E-state index contributed by atoms with van der Waals surface area (Å²) in [6.45, 7) is 4.34. The van der Waals surface area contributed by atoms with Crippen LogP contribution in [0.25, 0.3) is 0 Å². The summed E-state index contributed by atoms with van der Waals surface area (Å²) < 4.78 is 44.9. The number of halogens is 3. The molecule has 31 heavy (non-hydrogen) atoms. The highest BCUT2D eigenvalue weighted by atomic mass is 19.3. The van der Waals surface area contributed by atoms with Crippen LogP contribution >= 0.6 is 0 Å². The molecule has 3 aliphatic rings. The molecule has 3 saturated heterocycles. The van der Waals surface area contributed by atoms with Gasteiger partial charge in [-0.25, -0.2) is 23.1 Å². The number of alkyl halides is 3. The highest BCUT2D eigenvalue weighted by Crippen LogP contribution is 2.34. The number of anilines is 3. The van der Waals surface area contributed by atoms with Crippen molar-refractivity contribution >= 4 is 17.5 Å². The smallest absolute Gasteiger partial charge is 0.264 e. The lowest BCUT2D eigenvalue weighted by Crippen LogP contribution is -2.51. The maximum Gasteiger partial charge on any atom is 0.264 e. The SMILES string of the molecule is FC1CN(c2cc(C3CCN(C4COC4)CC3)cc(Nc3cc(C(F)F)ccn3)n2)C1. The lowest BCUT2D eigenvalue weighted by molar-refractivity contribution is -0.0712. The summed E-state index contributed by atoms with van der Waals surface area (Å²) in [6, 6.07) is 7.20. The Hall–Kier alpha value is -2.39. The fourth-order valence-electron chi connectivity index (χ4n) is 4.42. The van der Waals surface area contributed by atoms with Crippen molar-refractivity contribution in [2.75, 3.05) is 49.6 Å². The van der Waals surface area contributed by atoms with E-state index in [1.165, 1.54) is 18.3 Å². The molecule has 3 aliphatic heterocycles. The summed E-state index contributed by atoms with van der Waals surface area (Å²) in [5.74, 6) is 1.96. The molecule has 0 aromatic carbocycles. The minimum absolute atomic E-state index is 0.0933. The van der Waals surface area contributed by atoms with E-state index in [1.54, 1.807) is 0 Å². The highest BCUT2D eigenvalue weighted by Gasteiger charge is 2.32. The van der Waals surface area contributed by atoms with Crippen LogP contribution in [0.1, 0.15) is 36.3 Å². The first kappa shape index (κ1) is 20.5. The molecule has 0 bridgehead atoms. The van der Waals surface area contributed by atoms with Gasteiger partial charge in [-0.2, -0.15) is 0 Å². The van der Waals surface area contributed by atoms with Gasteiger partial charge in [0, 0.05) is 11.8 Å². The van der Waals surface area contributed by atoms with Gasteiger partial charge < -0.3 is 15.0 Å². The fraction of sp³-hybridized carbons (Fsp3) is 0.545. The first-order valence-electron chi connectivity index (χ1n) is 10.8. The summed E-state index contributed by atoms with van der Waals surface area (Å²) in [5, 5.41) is 3.08. The van der Waals surface area contributed by atoms with E-state index in [2.05, 4.69) is 20.2 Å². The largest absolute Gasteiger partial charge is 0.378 e. The normalized spacial score (nSPS) is 21.2. The van der Waals surface area contributed by atoms with E-state index in [0.29, 0.717) is 42.5 Å². The Morgan fingerprint density at radius 1 is 1.06 bits per heavy atom. The third-order valence-corrected chi connectivity index (χ3v) is 6.43. The van der Waals surface area contributed by atoms with E-state index >= 15 is 0 Å². The van der Waals surface area contributed by atoms with Gasteiger partial charge in [-0.1, -0.05) is 0 Å². The van der Waals surface area contributed by atoms with Crippen molar-refractivity contribution in [3.63, 3.8) is 0 Å². The van der Waals surface area contributed by atoms with Crippen LogP contribution in [0.3, 0.4) is 0 Å². The molecule has 2 aromatic rings. The number of nitrogens with one attached hydrogen (secondary N) is 1. The van der Waals surface area contributed by atoms with E-state index in [0.717, 1.165) is 44.7 Å². The Morgan fingerprint density at radius 2 is 1.84 bits per heavy atom. The van der Waals surface area contributed by atoms with Gasteiger partial charge in [0.05, 0.1) is 32.3 Å². The summed E-state index contributed by atoms with van der Waals surface area (Å²) in [7, 11) is 0. The van der Waals surface area contributed by atoms with Gasteiger partial charge >= 0.3 is 0 Å². The van der Waals surface area contributed by atoms with Crippen molar-refractivity contribution in [2.45, 2.75) is 37.4 Å². The van der Waals surface area contributed by atoms with Gasteiger partial charge in [-0.3, -0.25) is 4.90 Å². The quantitative estimate of drug-likeness (QED) is 0.746. The van der Waals surface area contributed by atoms with Crippen LogP contribution < -0.4 is 10.2 Å². The van der Waals surface area contributed by atoms with Gasteiger partial charge in [0.2, 0.25) is 0 Å². The van der Waals surface area contributed by atoms with Gasteiger partial charge in [-0.05, 0) is 61.7 Å². The van der Waals surface area contributed by atoms with Crippen LogP contribution in [0.5, 0.6) is 0 Å². The molecule has 5 heterocycles. The zero-order chi connectivity index (χ0) is 21.4. The third kappa shape index (κ3) is 4.48. The Kier molecular flexibility index (Phi) is 5.71. The summed E-state index contributed by atoms with van der Waals surface area (Å²) in [4.78, 5) is 13.2. The van der Waals surface area contributed by atoms with E-state index in [4.69, 9.17) is 4.74 Å². The maximum atomic E-state index is 13.5. The first-order valence-corrected chi connectivity index (χ1v) is 10.8. The first-order chi connectivity index (χ1) is 15.0. The van der Waals surface area contributed by atoms with E-state index in [-0.39, 0.29) is 5.56 Å². The van der Waals surface area contributed by atoms with Crippen LogP contribution in [-0.4, -0.2) is 66.5 Å². The Balaban J connectivity index is 1.36. The van der Waals surface area contributed by atoms with Gasteiger partial charge in [0.15, 0.2) is 0 Å². The van der Waals surface area contributed by atoms with Crippen LogP contribution in [-0.2, 0) is 4.74 Å². The number of hydrogen-bond donors (Lipinski definition) is 1. The standard InChI is InChI=1S/C22H26F3N5O/c23-17-10-30(11-17)21-9-16(14-2-5-29(6-3-14)18-12-31-13-18)8-20(28-21)27-19-7-15(22(24)25)1-4-26-19/h1,4,7-9,14,17-18,22H,2-3,5-6,10-13H2,(H,26,27,28). The Morgan fingerprint density at radius 3 is 2.48 bits per heavy atom. The lowest BCUT2D eigenvalue weighted by atomic mass is 9.89. The summed E-state index contributed by atoms with van der Waals surface area (Å²) in [5.41, 5.74) is 1.05. The van der Waals surface area contributed by atoms with E-state index < -0.39 is 12.6 Å². The average Bonchev–Trinajstić information content (AvgIpc) is 2.71. The van der Waals surface area contributed by atoms with Crippen molar-refractivity contribution in [3.05, 3.63) is 41.6 Å². The predicted octanol–water partition coefficient (Wildman–Crippen LogP) is 3.89. The van der Waals surface area contributed by atoms with Gasteiger partial charge in [0.1, 0.15) is 23.6 Å². The van der Waals surface area contributed by atoms with E-state index in [1.807, 2.05) is 17.0 Å². The van der Waals surface area contributed by atoms with Crippen LogP contribution in [0, 0.1) is 0 Å². The van der Waals surface area contributed by atoms with Crippen molar-refractivity contribution < 1.29 is 17.9 Å². The average molecular weight is 433 g/mol. The fourth-order valence-corrected chi connectivity index (χ4v) is 4.42. The minimum Gasteiger partial charge on any atom is -0.378 e. The summed E-state index contributed by atoms with van der Waals surface area (Å²) in [6.07, 6.45) is 0.0259. The third-order valence-electron chi connectivity index (χ3n) is 6.43. The zero-order valence-corrected chi connectivity index (χ0v) is 17.2. The van der Waals surface area contributed by atoms with Crippen LogP contribution in [0.4, 0.5) is 30.6 Å². The molecule has 9 heteroatoms. The molecule has 0 amide bonds. The van der Waals surface area contributed by atoms with Gasteiger partial charge in [-0.15, -0.1) is 0 Å². The second kappa shape index (κ2) is 8.63. The Labute approximate surface area is 179 Å². The number of rotatable bonds is 6. The summed E-state index contributed by atoms with van der Waals surface area (Å²) >= 11 is 0. The zero-order valence-electron chi connectivity index (χ0n) is 17.2. The number of aromatic nitrogens is 2. The molecule has 166 valence electrons. The molecular weight excluding hydrogens is 407 g/mol. The number of hydrogen-bond acceptors (Lipinski definition) is 6. The molecule has 6 nitrogen and oxygen atoms in total.